The molecule has 0 aliphatic heterocycles. The first-order valence-corrected chi connectivity index (χ1v) is 6.05. The lowest BCUT2D eigenvalue weighted by molar-refractivity contribution is 0.256. The average molecular weight is 258 g/mol. The monoisotopic (exact) mass is 257 g/mol. The first-order chi connectivity index (χ1) is 7.54. The summed E-state index contributed by atoms with van der Waals surface area (Å²) in [4.78, 5) is 0.329. The van der Waals surface area contributed by atoms with Crippen molar-refractivity contribution in [3.8, 4) is 5.75 Å². The Hall–Kier alpha value is -0.800. The van der Waals surface area contributed by atoms with Crippen LogP contribution in [-0.4, -0.2) is 11.6 Å². The molecule has 4 heteroatoms. The summed E-state index contributed by atoms with van der Waals surface area (Å²) in [7, 11) is 0. The van der Waals surface area contributed by atoms with Crippen molar-refractivity contribution in [1.29, 1.82) is 0 Å². The Balaban J connectivity index is 2.84. The third-order valence-corrected chi connectivity index (χ3v) is 2.88. The molecule has 0 fully saturated rings. The number of hydrogen-bond donors (Lipinski definition) is 1. The number of benzene rings is 1. The van der Waals surface area contributed by atoms with E-state index in [0.717, 1.165) is 12.0 Å². The summed E-state index contributed by atoms with van der Waals surface area (Å²) < 4.78 is 5.68. The van der Waals surface area contributed by atoms with E-state index in [1.165, 1.54) is 0 Å². The van der Waals surface area contributed by atoms with Gasteiger partial charge in [-0.15, -0.1) is 0 Å². The van der Waals surface area contributed by atoms with E-state index < -0.39 is 0 Å². The molecule has 88 valence electrons. The molecule has 1 rings (SSSR count). The normalized spacial score (nSPS) is 12.2. The molecule has 16 heavy (non-hydrogen) atoms. The van der Waals surface area contributed by atoms with Crippen molar-refractivity contribution in [1.82, 2.24) is 0 Å². The predicted molar refractivity (Wildman–Crippen MR) is 72.3 cm³/mol. The van der Waals surface area contributed by atoms with Gasteiger partial charge in [0.2, 0.25) is 0 Å². The second kappa shape index (κ2) is 6.06. The highest BCUT2D eigenvalue weighted by Crippen LogP contribution is 2.24. The van der Waals surface area contributed by atoms with Crippen LogP contribution in [0.2, 0.25) is 5.02 Å². The van der Waals surface area contributed by atoms with Gasteiger partial charge in [-0.1, -0.05) is 44.1 Å². The Morgan fingerprint density at radius 3 is 2.81 bits per heavy atom. The molecule has 0 radical (unpaired) electrons. The maximum atomic E-state index is 5.91. The van der Waals surface area contributed by atoms with Gasteiger partial charge in [0.1, 0.15) is 10.7 Å². The molecule has 2 N–H and O–H groups in total. The van der Waals surface area contributed by atoms with Gasteiger partial charge in [0, 0.05) is 5.02 Å². The van der Waals surface area contributed by atoms with Crippen molar-refractivity contribution in [2.45, 2.75) is 20.3 Å². The first kappa shape index (κ1) is 13.3. The Labute approximate surface area is 107 Å². The molecule has 1 unspecified atom stereocenters. The zero-order chi connectivity index (χ0) is 12.1. The van der Waals surface area contributed by atoms with E-state index in [9.17, 15) is 0 Å². The molecule has 0 aliphatic rings. The average Bonchev–Trinajstić information content (AvgIpc) is 2.25. The first-order valence-electron chi connectivity index (χ1n) is 5.26. The third-order valence-electron chi connectivity index (χ3n) is 2.43. The zero-order valence-corrected chi connectivity index (χ0v) is 11.1. The van der Waals surface area contributed by atoms with E-state index in [1.54, 1.807) is 18.2 Å². The summed E-state index contributed by atoms with van der Waals surface area (Å²) in [6.45, 7) is 4.90. The van der Waals surface area contributed by atoms with Crippen molar-refractivity contribution in [2.24, 2.45) is 11.7 Å². The number of nitrogens with two attached hydrogens (primary N) is 1. The predicted octanol–water partition coefficient (Wildman–Crippen LogP) is 3.40. The minimum Gasteiger partial charge on any atom is -0.493 e. The van der Waals surface area contributed by atoms with Crippen LogP contribution < -0.4 is 10.5 Å². The lowest BCUT2D eigenvalue weighted by atomic mass is 10.1. The molecule has 2 nitrogen and oxygen atoms in total. The second-order valence-electron chi connectivity index (χ2n) is 3.83. The molecule has 0 spiro atoms. The fourth-order valence-corrected chi connectivity index (χ4v) is 1.50. The van der Waals surface area contributed by atoms with Crippen molar-refractivity contribution in [3.63, 3.8) is 0 Å². The molecular weight excluding hydrogens is 242 g/mol. The standard InChI is InChI=1S/C12H16ClNOS/c1-3-8(2)7-15-11-6-9(13)4-5-10(11)12(14)16/h4-6,8H,3,7H2,1-2H3,(H2,14,16). The highest BCUT2D eigenvalue weighted by Gasteiger charge is 2.08. The number of ether oxygens (including phenoxy) is 1. The van der Waals surface area contributed by atoms with Gasteiger partial charge in [0.25, 0.3) is 0 Å². The Kier molecular flexibility index (Phi) is 5.03. The molecule has 1 atom stereocenters. The van der Waals surface area contributed by atoms with Gasteiger partial charge in [0.05, 0.1) is 12.2 Å². The lowest BCUT2D eigenvalue weighted by Gasteiger charge is -2.14. The molecular formula is C12H16ClNOS. The topological polar surface area (TPSA) is 35.2 Å². The molecule has 0 bridgehead atoms. The zero-order valence-electron chi connectivity index (χ0n) is 9.50. The van der Waals surface area contributed by atoms with Gasteiger partial charge >= 0.3 is 0 Å². The van der Waals surface area contributed by atoms with E-state index in [-0.39, 0.29) is 0 Å². The smallest absolute Gasteiger partial charge is 0.130 e. The van der Waals surface area contributed by atoms with Gasteiger partial charge in [-0.3, -0.25) is 0 Å². The van der Waals surface area contributed by atoms with Gasteiger partial charge in [-0.05, 0) is 24.1 Å². The van der Waals surface area contributed by atoms with Crippen LogP contribution in [-0.2, 0) is 0 Å². The lowest BCUT2D eigenvalue weighted by Crippen LogP contribution is -2.14. The fourth-order valence-electron chi connectivity index (χ4n) is 1.17. The van der Waals surface area contributed by atoms with E-state index in [4.69, 9.17) is 34.3 Å². The van der Waals surface area contributed by atoms with Crippen molar-refractivity contribution >= 4 is 28.8 Å². The van der Waals surface area contributed by atoms with E-state index in [2.05, 4.69) is 13.8 Å². The molecule has 0 aromatic heterocycles. The SMILES string of the molecule is CCC(C)COc1cc(Cl)ccc1C(N)=S. The highest BCUT2D eigenvalue weighted by molar-refractivity contribution is 7.80. The Morgan fingerprint density at radius 2 is 2.25 bits per heavy atom. The van der Waals surface area contributed by atoms with Gasteiger partial charge in [0.15, 0.2) is 0 Å². The second-order valence-corrected chi connectivity index (χ2v) is 4.71. The van der Waals surface area contributed by atoms with Crippen LogP contribution in [0.25, 0.3) is 0 Å². The molecule has 0 aliphatic carbocycles. The van der Waals surface area contributed by atoms with Gasteiger partial charge in [-0.25, -0.2) is 0 Å². The highest BCUT2D eigenvalue weighted by atomic mass is 35.5. The van der Waals surface area contributed by atoms with Crippen LogP contribution in [0, 0.1) is 5.92 Å². The molecule has 1 aromatic carbocycles. The minimum atomic E-state index is 0.329. The van der Waals surface area contributed by atoms with Crippen molar-refractivity contribution in [3.05, 3.63) is 28.8 Å². The summed E-state index contributed by atoms with van der Waals surface area (Å²) in [6.07, 6.45) is 1.07. The largest absolute Gasteiger partial charge is 0.493 e. The Bertz CT molecular complexity index is 381. The quantitative estimate of drug-likeness (QED) is 0.822. The van der Waals surface area contributed by atoms with Gasteiger partial charge in [-0.2, -0.15) is 0 Å². The van der Waals surface area contributed by atoms with Crippen LogP contribution in [0.5, 0.6) is 5.75 Å². The van der Waals surface area contributed by atoms with Crippen molar-refractivity contribution < 1.29 is 4.74 Å². The maximum Gasteiger partial charge on any atom is 0.130 e. The summed E-state index contributed by atoms with van der Waals surface area (Å²) in [5.74, 6) is 1.17. The maximum absolute atomic E-state index is 5.91. The van der Waals surface area contributed by atoms with Crippen LogP contribution in [0.15, 0.2) is 18.2 Å². The van der Waals surface area contributed by atoms with Gasteiger partial charge < -0.3 is 10.5 Å². The molecule has 0 heterocycles. The molecule has 0 saturated heterocycles. The van der Waals surface area contributed by atoms with Crippen LogP contribution in [0.3, 0.4) is 0 Å². The number of thiocarbonyl (C=S) groups is 1. The summed E-state index contributed by atoms with van der Waals surface area (Å²) in [5, 5.41) is 0.624. The molecule has 1 aromatic rings. The minimum absolute atomic E-state index is 0.329. The van der Waals surface area contributed by atoms with E-state index in [0.29, 0.717) is 28.3 Å². The Morgan fingerprint density at radius 1 is 1.56 bits per heavy atom. The number of hydrogen-bond acceptors (Lipinski definition) is 2. The summed E-state index contributed by atoms with van der Waals surface area (Å²) >= 11 is 10.9. The van der Waals surface area contributed by atoms with E-state index in [1.807, 2.05) is 0 Å². The molecule has 0 amide bonds. The third kappa shape index (κ3) is 3.65. The van der Waals surface area contributed by atoms with Crippen LogP contribution in [0.1, 0.15) is 25.8 Å². The fraction of sp³-hybridized carbons (Fsp3) is 0.417. The molecule has 0 saturated carbocycles. The van der Waals surface area contributed by atoms with Crippen LogP contribution >= 0.6 is 23.8 Å². The van der Waals surface area contributed by atoms with Crippen molar-refractivity contribution in [2.75, 3.05) is 6.61 Å². The van der Waals surface area contributed by atoms with Crippen LogP contribution in [0.4, 0.5) is 0 Å². The van der Waals surface area contributed by atoms with E-state index >= 15 is 0 Å². The summed E-state index contributed by atoms with van der Waals surface area (Å²) in [6, 6.07) is 5.29. The summed E-state index contributed by atoms with van der Waals surface area (Å²) in [5.41, 5.74) is 6.35. The number of halogens is 1. The number of rotatable bonds is 5.